The summed E-state index contributed by atoms with van der Waals surface area (Å²) in [7, 11) is 1.38. The van der Waals surface area contributed by atoms with Crippen molar-refractivity contribution < 1.29 is 13.9 Å². The van der Waals surface area contributed by atoms with Crippen LogP contribution < -0.4 is 0 Å². The van der Waals surface area contributed by atoms with E-state index >= 15 is 0 Å². The summed E-state index contributed by atoms with van der Waals surface area (Å²) in [6.07, 6.45) is 2.26. The van der Waals surface area contributed by atoms with Crippen LogP contribution in [-0.2, 0) is 16.1 Å². The van der Waals surface area contributed by atoms with Crippen molar-refractivity contribution in [2.24, 2.45) is 0 Å². The average molecular weight is 276 g/mol. The Bertz CT molecular complexity index is 539. The number of likely N-dealkylation sites (tertiary alicyclic amines) is 1. The fourth-order valence-electron chi connectivity index (χ4n) is 2.63. The predicted molar refractivity (Wildman–Crippen MR) is 71.2 cm³/mol. The average Bonchev–Trinajstić information content (AvgIpc) is 2.86. The Morgan fingerprint density at radius 1 is 1.60 bits per heavy atom. The number of benzene rings is 1. The Labute approximate surface area is 117 Å². The molecule has 4 nitrogen and oxygen atoms in total. The number of hydrogen-bond acceptors (Lipinski definition) is 4. The van der Waals surface area contributed by atoms with Crippen molar-refractivity contribution >= 4 is 5.97 Å². The van der Waals surface area contributed by atoms with Crippen molar-refractivity contribution in [2.75, 3.05) is 13.7 Å². The van der Waals surface area contributed by atoms with E-state index in [4.69, 9.17) is 10.00 Å². The predicted octanol–water partition coefficient (Wildman–Crippen LogP) is 2.22. The molecule has 1 aromatic rings. The van der Waals surface area contributed by atoms with Gasteiger partial charge in [0.05, 0.1) is 25.2 Å². The van der Waals surface area contributed by atoms with Crippen LogP contribution in [0, 0.1) is 17.1 Å². The fraction of sp³-hybridized carbons (Fsp3) is 0.467. The van der Waals surface area contributed by atoms with E-state index in [1.807, 2.05) is 0 Å². The van der Waals surface area contributed by atoms with Gasteiger partial charge in [-0.3, -0.25) is 9.69 Å². The van der Waals surface area contributed by atoms with Crippen molar-refractivity contribution in [3.63, 3.8) is 0 Å². The maximum Gasteiger partial charge on any atom is 0.307 e. The molecule has 0 radical (unpaired) electrons. The Morgan fingerprint density at radius 3 is 3.10 bits per heavy atom. The highest BCUT2D eigenvalue weighted by Gasteiger charge is 2.27. The van der Waals surface area contributed by atoms with E-state index in [-0.39, 0.29) is 17.8 Å². The second kappa shape index (κ2) is 6.49. The number of nitrogens with zero attached hydrogens (tertiary/aromatic N) is 2. The lowest BCUT2D eigenvalue weighted by Crippen LogP contribution is -2.31. The zero-order valence-corrected chi connectivity index (χ0v) is 11.4. The Kier molecular flexibility index (Phi) is 4.70. The molecule has 1 aromatic carbocycles. The normalized spacial score (nSPS) is 18.8. The molecule has 106 valence electrons. The lowest BCUT2D eigenvalue weighted by Gasteiger charge is -2.24. The van der Waals surface area contributed by atoms with Crippen LogP contribution in [0.3, 0.4) is 0 Å². The van der Waals surface area contributed by atoms with E-state index in [2.05, 4.69) is 11.0 Å². The number of esters is 1. The molecule has 0 unspecified atom stereocenters. The smallest absolute Gasteiger partial charge is 0.307 e. The first kappa shape index (κ1) is 14.5. The SMILES string of the molecule is COC(=O)C[C@@H]1CCCN1Cc1cc(F)ccc1C#N. The summed E-state index contributed by atoms with van der Waals surface area (Å²) in [6, 6.07) is 6.37. The molecule has 1 heterocycles. The van der Waals surface area contributed by atoms with Crippen LogP contribution in [0.2, 0.25) is 0 Å². The number of halogens is 1. The van der Waals surface area contributed by atoms with Gasteiger partial charge < -0.3 is 4.74 Å². The van der Waals surface area contributed by atoms with Crippen molar-refractivity contribution in [3.8, 4) is 6.07 Å². The molecule has 0 N–H and O–H groups in total. The van der Waals surface area contributed by atoms with Crippen molar-refractivity contribution in [1.82, 2.24) is 4.90 Å². The van der Waals surface area contributed by atoms with Gasteiger partial charge in [-0.15, -0.1) is 0 Å². The summed E-state index contributed by atoms with van der Waals surface area (Å²) < 4.78 is 18.0. The Morgan fingerprint density at radius 2 is 2.40 bits per heavy atom. The summed E-state index contributed by atoms with van der Waals surface area (Å²) in [5, 5.41) is 9.07. The van der Waals surface area contributed by atoms with Crippen LogP contribution in [0.4, 0.5) is 4.39 Å². The molecule has 0 amide bonds. The number of carbonyl (C=O) groups is 1. The molecule has 5 heteroatoms. The molecular weight excluding hydrogens is 259 g/mol. The third-order valence-electron chi connectivity index (χ3n) is 3.69. The third kappa shape index (κ3) is 3.34. The van der Waals surface area contributed by atoms with Crippen LogP contribution in [-0.4, -0.2) is 30.6 Å². The Hall–Kier alpha value is -1.93. The van der Waals surface area contributed by atoms with Crippen molar-refractivity contribution in [2.45, 2.75) is 31.8 Å². The summed E-state index contributed by atoms with van der Waals surface area (Å²) in [4.78, 5) is 13.5. The fourth-order valence-corrected chi connectivity index (χ4v) is 2.63. The van der Waals surface area contributed by atoms with Gasteiger partial charge in [-0.05, 0) is 43.1 Å². The maximum absolute atomic E-state index is 13.3. The Balaban J connectivity index is 2.11. The number of hydrogen-bond donors (Lipinski definition) is 0. The van der Waals surface area contributed by atoms with E-state index in [9.17, 15) is 9.18 Å². The third-order valence-corrected chi connectivity index (χ3v) is 3.69. The van der Waals surface area contributed by atoms with Gasteiger partial charge in [-0.25, -0.2) is 4.39 Å². The van der Waals surface area contributed by atoms with E-state index < -0.39 is 0 Å². The first-order valence-corrected chi connectivity index (χ1v) is 6.63. The molecule has 1 fully saturated rings. The second-order valence-corrected chi connectivity index (χ2v) is 4.96. The minimum Gasteiger partial charge on any atom is -0.469 e. The van der Waals surface area contributed by atoms with Gasteiger partial charge in [0.1, 0.15) is 5.82 Å². The largest absolute Gasteiger partial charge is 0.469 e. The van der Waals surface area contributed by atoms with E-state index in [0.29, 0.717) is 24.1 Å². The number of carbonyl (C=O) groups excluding carboxylic acids is 1. The van der Waals surface area contributed by atoms with Crippen LogP contribution in [0.1, 0.15) is 30.4 Å². The molecule has 20 heavy (non-hydrogen) atoms. The molecule has 1 atom stereocenters. The molecule has 0 saturated carbocycles. The van der Waals surface area contributed by atoms with Crippen LogP contribution >= 0.6 is 0 Å². The van der Waals surface area contributed by atoms with Gasteiger partial charge in [0.15, 0.2) is 0 Å². The monoisotopic (exact) mass is 276 g/mol. The molecule has 0 aliphatic carbocycles. The molecule has 1 saturated heterocycles. The van der Waals surface area contributed by atoms with E-state index in [0.717, 1.165) is 19.4 Å². The zero-order chi connectivity index (χ0) is 14.5. The number of rotatable bonds is 4. The van der Waals surface area contributed by atoms with E-state index in [1.165, 1.54) is 25.3 Å². The highest BCUT2D eigenvalue weighted by atomic mass is 19.1. The van der Waals surface area contributed by atoms with Crippen LogP contribution in [0.15, 0.2) is 18.2 Å². The summed E-state index contributed by atoms with van der Waals surface area (Å²) >= 11 is 0. The van der Waals surface area contributed by atoms with Gasteiger partial charge in [0, 0.05) is 12.6 Å². The summed E-state index contributed by atoms with van der Waals surface area (Å²) in [5.74, 6) is -0.579. The second-order valence-electron chi connectivity index (χ2n) is 4.96. The van der Waals surface area contributed by atoms with Gasteiger partial charge >= 0.3 is 5.97 Å². The molecule has 0 aromatic heterocycles. The highest BCUT2D eigenvalue weighted by molar-refractivity contribution is 5.69. The van der Waals surface area contributed by atoms with E-state index in [1.54, 1.807) is 0 Å². The van der Waals surface area contributed by atoms with Crippen molar-refractivity contribution in [1.29, 1.82) is 5.26 Å². The number of methoxy groups -OCH3 is 1. The minimum atomic E-state index is -0.345. The van der Waals surface area contributed by atoms with Crippen molar-refractivity contribution in [3.05, 3.63) is 35.1 Å². The first-order valence-electron chi connectivity index (χ1n) is 6.63. The lowest BCUT2D eigenvalue weighted by atomic mass is 10.1. The minimum absolute atomic E-state index is 0.109. The van der Waals surface area contributed by atoms with Crippen LogP contribution in [0.25, 0.3) is 0 Å². The molecule has 2 rings (SSSR count). The molecule has 1 aliphatic heterocycles. The first-order chi connectivity index (χ1) is 9.63. The standard InChI is InChI=1S/C15H17FN2O2/c1-20-15(19)8-14-3-2-6-18(14)10-12-7-13(16)5-4-11(12)9-17/h4-5,7,14H,2-3,6,8,10H2,1H3/t14-/m0/s1. The molecule has 1 aliphatic rings. The van der Waals surface area contributed by atoms with Crippen LogP contribution in [0.5, 0.6) is 0 Å². The molecular formula is C15H17FN2O2. The quantitative estimate of drug-likeness (QED) is 0.791. The summed E-state index contributed by atoms with van der Waals surface area (Å²) in [5.41, 5.74) is 1.15. The van der Waals surface area contributed by atoms with Gasteiger partial charge in [0.2, 0.25) is 0 Å². The maximum atomic E-state index is 13.3. The van der Waals surface area contributed by atoms with Gasteiger partial charge in [0.25, 0.3) is 0 Å². The topological polar surface area (TPSA) is 53.3 Å². The lowest BCUT2D eigenvalue weighted by molar-refractivity contribution is -0.141. The molecule has 0 spiro atoms. The van der Waals surface area contributed by atoms with Gasteiger partial charge in [-0.1, -0.05) is 0 Å². The summed E-state index contributed by atoms with van der Waals surface area (Å²) in [6.45, 7) is 1.34. The number of nitriles is 1. The highest BCUT2D eigenvalue weighted by Crippen LogP contribution is 2.24. The number of ether oxygens (including phenoxy) is 1. The molecule has 0 bridgehead atoms. The van der Waals surface area contributed by atoms with Gasteiger partial charge in [-0.2, -0.15) is 5.26 Å². The zero-order valence-electron chi connectivity index (χ0n) is 11.4.